The number of benzene rings is 4. The molecule has 0 aromatic heterocycles. The van der Waals surface area contributed by atoms with Crippen molar-refractivity contribution in [2.45, 2.75) is 20.8 Å². The summed E-state index contributed by atoms with van der Waals surface area (Å²) in [6, 6.07) is 34.3. The highest BCUT2D eigenvalue weighted by Crippen LogP contribution is 2.28. The first kappa shape index (κ1) is 19.7. The number of hydrogen-bond donors (Lipinski definition) is 1. The van der Waals surface area contributed by atoms with Gasteiger partial charge in [0.1, 0.15) is 0 Å². The van der Waals surface area contributed by atoms with Crippen LogP contribution in [0.2, 0.25) is 0 Å². The van der Waals surface area contributed by atoms with Crippen molar-refractivity contribution in [3.05, 3.63) is 130 Å². The summed E-state index contributed by atoms with van der Waals surface area (Å²) in [6.07, 6.45) is 2.28. The quantitative estimate of drug-likeness (QED) is 0.342. The van der Waals surface area contributed by atoms with Gasteiger partial charge in [-0.3, -0.25) is 0 Å². The second kappa shape index (κ2) is 8.84. The van der Waals surface area contributed by atoms with Crippen molar-refractivity contribution >= 4 is 23.0 Å². The molecule has 4 aromatic carbocycles. The zero-order valence-corrected chi connectivity index (χ0v) is 17.8. The minimum Gasteiger partial charge on any atom is -0.356 e. The van der Waals surface area contributed by atoms with E-state index in [2.05, 4.69) is 111 Å². The van der Waals surface area contributed by atoms with Crippen molar-refractivity contribution < 1.29 is 0 Å². The highest BCUT2D eigenvalue weighted by Gasteiger charge is 2.07. The average molecular weight is 390 g/mol. The van der Waals surface area contributed by atoms with Crippen LogP contribution in [-0.4, -0.2) is 0 Å². The minimum atomic E-state index is 1.08. The summed E-state index contributed by atoms with van der Waals surface area (Å²) in [5, 5.41) is 3.45. The average Bonchev–Trinajstić information content (AvgIpc) is 2.77. The molecule has 0 bridgehead atoms. The van der Waals surface area contributed by atoms with Gasteiger partial charge in [0, 0.05) is 11.4 Å². The third-order valence-electron chi connectivity index (χ3n) is 5.46. The van der Waals surface area contributed by atoms with Gasteiger partial charge in [0.15, 0.2) is 0 Å². The van der Waals surface area contributed by atoms with Crippen LogP contribution in [0.25, 0.3) is 11.6 Å². The van der Waals surface area contributed by atoms with E-state index in [1.165, 1.54) is 39.0 Å². The van der Waals surface area contributed by atoms with Crippen molar-refractivity contribution in [2.75, 3.05) is 5.32 Å². The Morgan fingerprint density at radius 1 is 0.600 bits per heavy atom. The lowest BCUT2D eigenvalue weighted by molar-refractivity contribution is 1.33. The van der Waals surface area contributed by atoms with E-state index in [1.807, 2.05) is 18.2 Å². The molecular formula is C29H27N. The minimum absolute atomic E-state index is 1.08. The molecule has 0 radical (unpaired) electrons. The van der Waals surface area contributed by atoms with E-state index in [4.69, 9.17) is 0 Å². The zero-order valence-electron chi connectivity index (χ0n) is 17.8. The predicted molar refractivity (Wildman–Crippen MR) is 130 cm³/mol. The Labute approximate surface area is 179 Å². The summed E-state index contributed by atoms with van der Waals surface area (Å²) in [6.45, 7) is 6.46. The van der Waals surface area contributed by atoms with Gasteiger partial charge in [-0.05, 0) is 84.5 Å². The zero-order chi connectivity index (χ0) is 20.9. The third-order valence-corrected chi connectivity index (χ3v) is 5.46. The lowest BCUT2D eigenvalue weighted by Gasteiger charge is -2.12. The van der Waals surface area contributed by atoms with Gasteiger partial charge in [0.05, 0.1) is 0 Å². The molecule has 0 fully saturated rings. The van der Waals surface area contributed by atoms with E-state index in [1.54, 1.807) is 0 Å². The molecule has 0 aliphatic carbocycles. The van der Waals surface area contributed by atoms with E-state index in [0.29, 0.717) is 0 Å². The molecular weight excluding hydrogens is 362 g/mol. The Kier molecular flexibility index (Phi) is 5.81. The fourth-order valence-corrected chi connectivity index (χ4v) is 3.49. The Balaban J connectivity index is 1.69. The lowest BCUT2D eigenvalue weighted by Crippen LogP contribution is -1.92. The third kappa shape index (κ3) is 4.69. The highest BCUT2D eigenvalue weighted by atomic mass is 14.9. The van der Waals surface area contributed by atoms with Crippen molar-refractivity contribution in [3.63, 3.8) is 0 Å². The smallest absolute Gasteiger partial charge is 0.0384 e. The van der Waals surface area contributed by atoms with Gasteiger partial charge in [-0.2, -0.15) is 0 Å². The van der Waals surface area contributed by atoms with Crippen molar-refractivity contribution in [1.29, 1.82) is 0 Å². The Morgan fingerprint density at radius 3 is 1.90 bits per heavy atom. The molecule has 1 nitrogen and oxygen atoms in total. The highest BCUT2D eigenvalue weighted by molar-refractivity contribution is 5.91. The predicted octanol–water partition coefficient (Wildman–Crippen LogP) is 7.94. The van der Waals surface area contributed by atoms with Crippen LogP contribution in [0.1, 0.15) is 33.4 Å². The Bertz CT molecular complexity index is 1150. The SMILES string of the molecule is Cc1ccc(C(=Cc2ccc(Nc3ccccc3)cc2)c2ccc(C)c(C)c2)cc1. The maximum absolute atomic E-state index is 3.45. The van der Waals surface area contributed by atoms with Crippen molar-refractivity contribution in [1.82, 2.24) is 0 Å². The van der Waals surface area contributed by atoms with Gasteiger partial charge in [-0.1, -0.05) is 78.4 Å². The summed E-state index contributed by atoms with van der Waals surface area (Å²) in [5.41, 5.74) is 11.0. The molecule has 1 heteroatoms. The fourth-order valence-electron chi connectivity index (χ4n) is 3.49. The molecule has 30 heavy (non-hydrogen) atoms. The lowest BCUT2D eigenvalue weighted by atomic mass is 9.93. The maximum Gasteiger partial charge on any atom is 0.0384 e. The maximum atomic E-state index is 3.45. The summed E-state index contributed by atoms with van der Waals surface area (Å²) < 4.78 is 0. The van der Waals surface area contributed by atoms with E-state index < -0.39 is 0 Å². The Hall–Kier alpha value is -3.58. The second-order valence-corrected chi connectivity index (χ2v) is 7.84. The van der Waals surface area contributed by atoms with E-state index in [0.717, 1.165) is 11.4 Å². The number of hydrogen-bond acceptors (Lipinski definition) is 1. The molecule has 4 aromatic rings. The number of para-hydroxylation sites is 1. The normalized spacial score (nSPS) is 11.4. The molecule has 0 heterocycles. The van der Waals surface area contributed by atoms with Gasteiger partial charge in [-0.15, -0.1) is 0 Å². The monoisotopic (exact) mass is 389 g/mol. The molecule has 4 rings (SSSR count). The van der Waals surface area contributed by atoms with Gasteiger partial charge in [0.2, 0.25) is 0 Å². The van der Waals surface area contributed by atoms with Gasteiger partial charge in [-0.25, -0.2) is 0 Å². The van der Waals surface area contributed by atoms with Crippen molar-refractivity contribution in [3.8, 4) is 0 Å². The number of aryl methyl sites for hydroxylation is 3. The molecule has 148 valence electrons. The number of nitrogens with one attached hydrogen (secondary N) is 1. The molecule has 0 aliphatic heterocycles. The van der Waals surface area contributed by atoms with Gasteiger partial charge < -0.3 is 5.32 Å². The van der Waals surface area contributed by atoms with Gasteiger partial charge in [0.25, 0.3) is 0 Å². The van der Waals surface area contributed by atoms with E-state index in [9.17, 15) is 0 Å². The molecule has 0 saturated heterocycles. The van der Waals surface area contributed by atoms with Crippen LogP contribution in [0.5, 0.6) is 0 Å². The summed E-state index contributed by atoms with van der Waals surface area (Å²) in [4.78, 5) is 0. The summed E-state index contributed by atoms with van der Waals surface area (Å²) in [5.74, 6) is 0. The molecule has 0 atom stereocenters. The number of anilines is 2. The first-order chi connectivity index (χ1) is 14.6. The largest absolute Gasteiger partial charge is 0.356 e. The molecule has 0 unspecified atom stereocenters. The molecule has 0 saturated carbocycles. The summed E-state index contributed by atoms with van der Waals surface area (Å²) >= 11 is 0. The molecule has 0 aliphatic rings. The van der Waals surface area contributed by atoms with Crippen LogP contribution in [-0.2, 0) is 0 Å². The fraction of sp³-hybridized carbons (Fsp3) is 0.103. The standard InChI is InChI=1S/C29H27N/c1-21-9-14-25(15-10-21)29(26-16-11-22(2)23(3)19-26)20-24-12-17-28(18-13-24)30-27-7-5-4-6-8-27/h4-20,30H,1-3H3. The van der Waals surface area contributed by atoms with Crippen LogP contribution >= 0.6 is 0 Å². The van der Waals surface area contributed by atoms with Crippen molar-refractivity contribution in [2.24, 2.45) is 0 Å². The first-order valence-corrected chi connectivity index (χ1v) is 10.4. The van der Waals surface area contributed by atoms with Crippen LogP contribution in [0.3, 0.4) is 0 Å². The first-order valence-electron chi connectivity index (χ1n) is 10.4. The molecule has 0 spiro atoms. The van der Waals surface area contributed by atoms with Crippen LogP contribution in [0, 0.1) is 20.8 Å². The van der Waals surface area contributed by atoms with E-state index >= 15 is 0 Å². The van der Waals surface area contributed by atoms with Crippen LogP contribution in [0.4, 0.5) is 11.4 Å². The summed E-state index contributed by atoms with van der Waals surface area (Å²) in [7, 11) is 0. The Morgan fingerprint density at radius 2 is 1.23 bits per heavy atom. The molecule has 1 N–H and O–H groups in total. The van der Waals surface area contributed by atoms with Gasteiger partial charge >= 0.3 is 0 Å². The topological polar surface area (TPSA) is 12.0 Å². The number of rotatable bonds is 5. The second-order valence-electron chi connectivity index (χ2n) is 7.84. The molecule has 0 amide bonds. The van der Waals surface area contributed by atoms with Crippen LogP contribution < -0.4 is 5.32 Å². The van der Waals surface area contributed by atoms with Crippen LogP contribution in [0.15, 0.2) is 97.1 Å². The van der Waals surface area contributed by atoms with E-state index in [-0.39, 0.29) is 0 Å².